The third-order valence-electron chi connectivity index (χ3n) is 3.54. The fourth-order valence-corrected chi connectivity index (χ4v) is 2.12. The van der Waals surface area contributed by atoms with Crippen LogP contribution in [0.1, 0.15) is 90.9 Å². The lowest BCUT2D eigenvalue weighted by molar-refractivity contribution is 0.499. The van der Waals surface area contributed by atoms with Gasteiger partial charge in [-0.05, 0) is 5.92 Å². The molecule has 0 fully saturated rings. The van der Waals surface area contributed by atoms with E-state index in [9.17, 15) is 0 Å². The molecule has 0 heterocycles. The van der Waals surface area contributed by atoms with Crippen molar-refractivity contribution in [2.24, 2.45) is 5.92 Å². The number of unbranched alkanes of at least 4 members (excludes halogenated alkanes) is 9. The van der Waals surface area contributed by atoms with E-state index in [0.29, 0.717) is 5.92 Å². The molecule has 0 saturated carbocycles. The van der Waals surface area contributed by atoms with Gasteiger partial charge >= 0.3 is 0 Å². The summed E-state index contributed by atoms with van der Waals surface area (Å²) >= 11 is 0. The van der Waals surface area contributed by atoms with Crippen LogP contribution in [0.5, 0.6) is 0 Å². The minimum absolute atomic E-state index is 0.703. The number of hydrogen-bond acceptors (Lipinski definition) is 0. The van der Waals surface area contributed by atoms with Crippen LogP contribution in [0.2, 0.25) is 0 Å². The summed E-state index contributed by atoms with van der Waals surface area (Å²) in [6.07, 6.45) is 17.0. The van der Waals surface area contributed by atoms with Crippen LogP contribution in [0, 0.1) is 12.8 Å². The lowest BCUT2D eigenvalue weighted by atomic mass is 9.99. The van der Waals surface area contributed by atoms with Crippen LogP contribution in [0.3, 0.4) is 0 Å². The maximum absolute atomic E-state index is 4.13. The summed E-state index contributed by atoms with van der Waals surface area (Å²) in [5, 5.41) is 0. The molecule has 0 spiro atoms. The van der Waals surface area contributed by atoms with Gasteiger partial charge in [0.05, 0.1) is 0 Å². The highest BCUT2D eigenvalue weighted by atomic mass is 14.0. The zero-order valence-electron chi connectivity index (χ0n) is 11.8. The third-order valence-corrected chi connectivity index (χ3v) is 3.54. The third kappa shape index (κ3) is 12.1. The molecule has 1 radical (unpaired) electrons. The van der Waals surface area contributed by atoms with E-state index in [1.54, 1.807) is 0 Å². The SMILES string of the molecule is [CH2]C(CC)CCCCCCCCCCCC. The van der Waals surface area contributed by atoms with Gasteiger partial charge in [-0.15, -0.1) is 0 Å². The molecule has 1 unspecified atom stereocenters. The van der Waals surface area contributed by atoms with Gasteiger partial charge in [0.15, 0.2) is 0 Å². The highest BCUT2D eigenvalue weighted by Gasteiger charge is 1.98. The van der Waals surface area contributed by atoms with Crippen LogP contribution in [-0.4, -0.2) is 0 Å². The minimum atomic E-state index is 0.703. The summed E-state index contributed by atoms with van der Waals surface area (Å²) in [5.74, 6) is 0.703. The van der Waals surface area contributed by atoms with Crippen molar-refractivity contribution in [2.75, 3.05) is 0 Å². The van der Waals surface area contributed by atoms with Crippen LogP contribution in [0.4, 0.5) is 0 Å². The van der Waals surface area contributed by atoms with E-state index >= 15 is 0 Å². The van der Waals surface area contributed by atoms with Gasteiger partial charge < -0.3 is 0 Å². The Balaban J connectivity index is 2.93. The molecule has 0 aromatic rings. The van der Waals surface area contributed by atoms with E-state index < -0.39 is 0 Å². The van der Waals surface area contributed by atoms with E-state index in [-0.39, 0.29) is 0 Å². The molecule has 0 heteroatoms. The molecule has 97 valence electrons. The van der Waals surface area contributed by atoms with Crippen molar-refractivity contribution in [3.8, 4) is 0 Å². The standard InChI is InChI=1S/C16H33/c1-4-6-7-8-9-10-11-12-13-14-15-16(3)5-2/h16H,3-15H2,1-2H3. The summed E-state index contributed by atoms with van der Waals surface area (Å²) in [7, 11) is 0. The highest BCUT2D eigenvalue weighted by Crippen LogP contribution is 2.14. The predicted molar refractivity (Wildman–Crippen MR) is 75.6 cm³/mol. The summed E-state index contributed by atoms with van der Waals surface area (Å²) in [5.41, 5.74) is 0. The zero-order chi connectivity index (χ0) is 12.1. The molecule has 0 aliphatic heterocycles. The Bertz CT molecular complexity index is 117. The molecule has 0 aliphatic rings. The number of hydrogen-bond donors (Lipinski definition) is 0. The molecule has 16 heavy (non-hydrogen) atoms. The van der Waals surface area contributed by atoms with Crippen LogP contribution >= 0.6 is 0 Å². The Morgan fingerprint density at radius 3 is 1.56 bits per heavy atom. The summed E-state index contributed by atoms with van der Waals surface area (Å²) < 4.78 is 0. The lowest BCUT2D eigenvalue weighted by Gasteiger charge is -2.07. The lowest BCUT2D eigenvalue weighted by Crippen LogP contribution is -1.92. The molecule has 0 N–H and O–H groups in total. The van der Waals surface area contributed by atoms with Crippen LogP contribution in [-0.2, 0) is 0 Å². The van der Waals surface area contributed by atoms with E-state index in [1.165, 1.54) is 77.0 Å². The quantitative estimate of drug-likeness (QED) is 0.349. The van der Waals surface area contributed by atoms with Crippen molar-refractivity contribution in [3.63, 3.8) is 0 Å². The van der Waals surface area contributed by atoms with E-state index in [1.807, 2.05) is 0 Å². The van der Waals surface area contributed by atoms with E-state index in [0.717, 1.165) is 0 Å². The minimum Gasteiger partial charge on any atom is -0.0654 e. The Labute approximate surface area is 104 Å². The van der Waals surface area contributed by atoms with Gasteiger partial charge in [0, 0.05) is 0 Å². The normalized spacial score (nSPS) is 12.9. The molecule has 0 amide bonds. The summed E-state index contributed by atoms with van der Waals surface area (Å²) in [4.78, 5) is 0. The molecular formula is C16H33. The Kier molecular flexibility index (Phi) is 13.1. The second kappa shape index (κ2) is 13.1. The van der Waals surface area contributed by atoms with Gasteiger partial charge in [-0.3, -0.25) is 0 Å². The molecule has 0 aromatic carbocycles. The fourth-order valence-electron chi connectivity index (χ4n) is 2.12. The largest absolute Gasteiger partial charge is 0.0654 e. The maximum Gasteiger partial charge on any atom is -0.0417 e. The average molecular weight is 225 g/mol. The van der Waals surface area contributed by atoms with Crippen molar-refractivity contribution in [2.45, 2.75) is 90.9 Å². The molecule has 0 bridgehead atoms. The van der Waals surface area contributed by atoms with Gasteiger partial charge in [0.2, 0.25) is 0 Å². The van der Waals surface area contributed by atoms with Crippen molar-refractivity contribution >= 4 is 0 Å². The molecule has 0 saturated heterocycles. The zero-order valence-corrected chi connectivity index (χ0v) is 11.8. The van der Waals surface area contributed by atoms with Crippen molar-refractivity contribution in [1.29, 1.82) is 0 Å². The van der Waals surface area contributed by atoms with Gasteiger partial charge in [-0.1, -0.05) is 97.8 Å². The molecule has 1 atom stereocenters. The summed E-state index contributed by atoms with van der Waals surface area (Å²) in [6.45, 7) is 8.66. The van der Waals surface area contributed by atoms with E-state index in [4.69, 9.17) is 0 Å². The smallest absolute Gasteiger partial charge is 0.0417 e. The molecule has 0 rings (SSSR count). The van der Waals surface area contributed by atoms with Gasteiger partial charge in [0.1, 0.15) is 0 Å². The van der Waals surface area contributed by atoms with Crippen LogP contribution in [0.15, 0.2) is 0 Å². The van der Waals surface area contributed by atoms with Crippen molar-refractivity contribution < 1.29 is 0 Å². The predicted octanol–water partition coefficient (Wildman–Crippen LogP) is 6.16. The number of rotatable bonds is 12. The molecule has 0 aliphatic carbocycles. The second-order valence-electron chi connectivity index (χ2n) is 5.24. The fraction of sp³-hybridized carbons (Fsp3) is 0.938. The monoisotopic (exact) mass is 225 g/mol. The topological polar surface area (TPSA) is 0 Å². The Hall–Kier alpha value is 0. The average Bonchev–Trinajstić information content (AvgIpc) is 2.31. The first-order chi connectivity index (χ1) is 7.81. The summed E-state index contributed by atoms with van der Waals surface area (Å²) in [6, 6.07) is 0. The van der Waals surface area contributed by atoms with Gasteiger partial charge in [-0.2, -0.15) is 0 Å². The van der Waals surface area contributed by atoms with Crippen molar-refractivity contribution in [3.05, 3.63) is 6.92 Å². The first-order valence-electron chi connectivity index (χ1n) is 7.64. The molecule has 0 nitrogen and oxygen atoms in total. The second-order valence-corrected chi connectivity index (χ2v) is 5.24. The molecule has 0 aromatic heterocycles. The maximum atomic E-state index is 4.13. The molecular weight excluding hydrogens is 192 g/mol. The highest BCUT2D eigenvalue weighted by molar-refractivity contribution is 4.58. The first-order valence-corrected chi connectivity index (χ1v) is 7.64. The van der Waals surface area contributed by atoms with Crippen LogP contribution < -0.4 is 0 Å². The van der Waals surface area contributed by atoms with Crippen molar-refractivity contribution in [1.82, 2.24) is 0 Å². The Morgan fingerprint density at radius 1 is 0.688 bits per heavy atom. The Morgan fingerprint density at radius 2 is 1.12 bits per heavy atom. The van der Waals surface area contributed by atoms with Crippen LogP contribution in [0.25, 0.3) is 0 Å². The van der Waals surface area contributed by atoms with Gasteiger partial charge in [-0.25, -0.2) is 0 Å². The van der Waals surface area contributed by atoms with Gasteiger partial charge in [0.25, 0.3) is 0 Å². The first kappa shape index (κ1) is 16.0. The van der Waals surface area contributed by atoms with E-state index in [2.05, 4.69) is 20.8 Å².